The molecule has 0 fully saturated rings. The third-order valence-corrected chi connectivity index (χ3v) is 16.2. The molecule has 0 aliphatic carbocycles. The van der Waals surface area contributed by atoms with Crippen LogP contribution in [0.4, 0.5) is 17.1 Å². The maximum absolute atomic E-state index is 7.31. The second-order valence-corrected chi connectivity index (χ2v) is 22.5. The van der Waals surface area contributed by atoms with Crippen molar-refractivity contribution >= 4 is 106 Å². The van der Waals surface area contributed by atoms with E-state index in [9.17, 15) is 0 Å². The number of hydrogen-bond acceptors (Lipinski definition) is 2. The molecular formula is C68H53BN4O. The molecule has 0 N–H and O–H groups in total. The van der Waals surface area contributed by atoms with Gasteiger partial charge in [0.15, 0.2) is 0 Å². The van der Waals surface area contributed by atoms with E-state index in [1.807, 2.05) is 0 Å². The van der Waals surface area contributed by atoms with Crippen molar-refractivity contribution in [1.82, 2.24) is 13.7 Å². The van der Waals surface area contributed by atoms with E-state index in [0.717, 1.165) is 45.5 Å². The van der Waals surface area contributed by atoms with Gasteiger partial charge in [0.1, 0.15) is 11.5 Å². The van der Waals surface area contributed by atoms with Crippen molar-refractivity contribution in [2.24, 2.45) is 0 Å². The summed E-state index contributed by atoms with van der Waals surface area (Å²) in [5.74, 6) is 1.77. The molecule has 354 valence electrons. The van der Waals surface area contributed by atoms with Gasteiger partial charge in [0.05, 0.1) is 33.1 Å². The third-order valence-electron chi connectivity index (χ3n) is 16.2. The van der Waals surface area contributed by atoms with Crippen molar-refractivity contribution < 1.29 is 4.74 Å². The first-order valence-electron chi connectivity index (χ1n) is 26.1. The second kappa shape index (κ2) is 15.4. The SMILES string of the molecule is CC(C)(C)c1ccc(N2c3ccc(C(C)(C)C)cc3B3c4ccc(-n5c6ccccc6c6c7c(c8ccccc8n7-c7ccccc7)c7c(c8ccccc8n7-c7ccccc7)c65)cc4Oc4cccc2c43)cc1. The number of para-hydroxylation sites is 5. The number of nitrogens with zero attached hydrogens (tertiary/aromatic N) is 4. The van der Waals surface area contributed by atoms with Crippen LogP contribution in [0.15, 0.2) is 212 Å². The Morgan fingerprint density at radius 3 is 1.35 bits per heavy atom. The van der Waals surface area contributed by atoms with E-state index < -0.39 is 0 Å². The third kappa shape index (κ3) is 6.00. The summed E-state index contributed by atoms with van der Waals surface area (Å²) in [5.41, 5.74) is 20.1. The molecule has 0 radical (unpaired) electrons. The Bertz CT molecular complexity index is 4400. The first-order chi connectivity index (χ1) is 36.0. The quantitative estimate of drug-likeness (QED) is 0.164. The lowest BCUT2D eigenvalue weighted by Crippen LogP contribution is -2.59. The summed E-state index contributed by atoms with van der Waals surface area (Å²) in [5, 5.41) is 7.31. The molecule has 0 amide bonds. The van der Waals surface area contributed by atoms with Gasteiger partial charge in [0.2, 0.25) is 0 Å². The zero-order chi connectivity index (χ0) is 49.8. The largest absolute Gasteiger partial charge is 0.458 e. The molecule has 13 aromatic rings. The molecule has 2 aliphatic rings. The Labute approximate surface area is 431 Å². The molecule has 0 spiro atoms. The lowest BCUT2D eigenvalue weighted by Gasteiger charge is -2.40. The van der Waals surface area contributed by atoms with E-state index in [0.29, 0.717) is 0 Å². The fourth-order valence-corrected chi connectivity index (χ4v) is 12.8. The lowest BCUT2D eigenvalue weighted by molar-refractivity contribution is 0.487. The minimum Gasteiger partial charge on any atom is -0.458 e. The van der Waals surface area contributed by atoms with Crippen LogP contribution in [0.1, 0.15) is 52.7 Å². The highest BCUT2D eigenvalue weighted by atomic mass is 16.5. The molecule has 6 heteroatoms. The normalized spacial score (nSPS) is 13.3. The molecule has 0 saturated carbocycles. The highest BCUT2D eigenvalue weighted by Crippen LogP contribution is 2.51. The van der Waals surface area contributed by atoms with Crippen LogP contribution in [0.25, 0.3) is 82.5 Å². The Morgan fingerprint density at radius 2 is 0.824 bits per heavy atom. The van der Waals surface area contributed by atoms with Gasteiger partial charge < -0.3 is 23.3 Å². The van der Waals surface area contributed by atoms with E-state index in [1.54, 1.807) is 0 Å². The average molecular weight is 953 g/mol. The number of aromatic nitrogens is 3. The van der Waals surface area contributed by atoms with Gasteiger partial charge in [-0.05, 0) is 117 Å². The molecule has 2 aliphatic heterocycles. The van der Waals surface area contributed by atoms with Gasteiger partial charge in [-0.1, -0.05) is 169 Å². The smallest absolute Gasteiger partial charge is 0.256 e. The fourth-order valence-electron chi connectivity index (χ4n) is 12.8. The molecule has 10 aromatic carbocycles. The molecule has 0 saturated heterocycles. The molecular weight excluding hydrogens is 900 g/mol. The second-order valence-electron chi connectivity index (χ2n) is 22.5. The van der Waals surface area contributed by atoms with Crippen molar-refractivity contribution in [3.63, 3.8) is 0 Å². The van der Waals surface area contributed by atoms with Crippen molar-refractivity contribution in [1.29, 1.82) is 0 Å². The van der Waals surface area contributed by atoms with Gasteiger partial charge in [-0.15, -0.1) is 0 Å². The van der Waals surface area contributed by atoms with Crippen molar-refractivity contribution in [2.45, 2.75) is 52.4 Å². The van der Waals surface area contributed by atoms with Crippen LogP contribution in [0.5, 0.6) is 11.5 Å². The number of anilines is 3. The Balaban J connectivity index is 1.04. The first kappa shape index (κ1) is 42.9. The maximum Gasteiger partial charge on any atom is 0.256 e. The average Bonchev–Trinajstić information content (AvgIpc) is 4.16. The van der Waals surface area contributed by atoms with Crippen LogP contribution >= 0.6 is 0 Å². The highest BCUT2D eigenvalue weighted by molar-refractivity contribution is 6.99. The fraction of sp³-hybridized carbons (Fsp3) is 0.118. The number of rotatable bonds is 4. The molecule has 5 heterocycles. The monoisotopic (exact) mass is 952 g/mol. The zero-order valence-electron chi connectivity index (χ0n) is 42.5. The predicted molar refractivity (Wildman–Crippen MR) is 313 cm³/mol. The van der Waals surface area contributed by atoms with Gasteiger partial charge in [-0.2, -0.15) is 0 Å². The Morgan fingerprint density at radius 1 is 0.351 bits per heavy atom. The highest BCUT2D eigenvalue weighted by Gasteiger charge is 2.42. The first-order valence-corrected chi connectivity index (χ1v) is 26.1. The molecule has 0 bridgehead atoms. The number of ether oxygens (including phenoxy) is 1. The molecule has 3 aromatic heterocycles. The van der Waals surface area contributed by atoms with Gasteiger partial charge in [0.25, 0.3) is 6.71 Å². The Kier molecular flexibility index (Phi) is 8.92. The summed E-state index contributed by atoms with van der Waals surface area (Å²) >= 11 is 0. The summed E-state index contributed by atoms with van der Waals surface area (Å²) in [6.07, 6.45) is 0. The van der Waals surface area contributed by atoms with Crippen LogP contribution in [0.3, 0.4) is 0 Å². The van der Waals surface area contributed by atoms with Crippen LogP contribution in [0, 0.1) is 0 Å². The standard InChI is InChI=1S/C68H53BN4O/c1-67(2,3)42-32-35-46(36-33-42)70-56-39-34-43(68(4,5)6)40-52(56)69-51-38-37-47(41-59(51)74-58-31-19-30-57(70)63(58)69)73-55-29-18-15-26-50(55)62-65-60(48-24-13-16-27-53(48)71(65)44-20-9-7-10-21-44)64-61(66(62)73)49-25-14-17-28-54(49)72(64)45-22-11-8-12-23-45/h7-41H,1-6H3. The van der Waals surface area contributed by atoms with Crippen molar-refractivity contribution in [3.8, 4) is 28.6 Å². The summed E-state index contributed by atoms with van der Waals surface area (Å²) in [4.78, 5) is 2.46. The number of benzene rings is 10. The van der Waals surface area contributed by atoms with Gasteiger partial charge in [-0.3, -0.25) is 0 Å². The summed E-state index contributed by atoms with van der Waals surface area (Å²) < 4.78 is 14.9. The van der Waals surface area contributed by atoms with Crippen LogP contribution in [-0.4, -0.2) is 20.4 Å². The lowest BCUT2D eigenvalue weighted by atomic mass is 9.34. The van der Waals surface area contributed by atoms with E-state index >= 15 is 0 Å². The topological polar surface area (TPSA) is 27.3 Å². The minimum atomic E-state index is -0.0466. The van der Waals surface area contributed by atoms with Gasteiger partial charge in [-0.25, -0.2) is 0 Å². The molecule has 74 heavy (non-hydrogen) atoms. The summed E-state index contributed by atoms with van der Waals surface area (Å²) in [7, 11) is 0. The van der Waals surface area contributed by atoms with Crippen molar-refractivity contribution in [3.05, 3.63) is 223 Å². The summed E-state index contributed by atoms with van der Waals surface area (Å²) in [6.45, 7) is 13.7. The Hall–Kier alpha value is -8.74. The van der Waals surface area contributed by atoms with E-state index in [4.69, 9.17) is 4.74 Å². The van der Waals surface area contributed by atoms with E-state index in [-0.39, 0.29) is 17.5 Å². The van der Waals surface area contributed by atoms with E-state index in [2.05, 4.69) is 272 Å². The zero-order valence-corrected chi connectivity index (χ0v) is 42.5. The summed E-state index contributed by atoms with van der Waals surface area (Å²) in [6, 6.07) is 78.7. The molecule has 0 unspecified atom stereocenters. The van der Waals surface area contributed by atoms with Crippen LogP contribution in [0.2, 0.25) is 0 Å². The minimum absolute atomic E-state index is 0.0451. The van der Waals surface area contributed by atoms with Gasteiger partial charge in [0, 0.05) is 72.5 Å². The van der Waals surface area contributed by atoms with E-state index in [1.165, 1.54) is 93.1 Å². The molecule has 0 atom stereocenters. The maximum atomic E-state index is 7.31. The molecule has 15 rings (SSSR count). The molecule has 5 nitrogen and oxygen atoms in total. The number of fused-ring (bicyclic) bond motifs is 16. The van der Waals surface area contributed by atoms with Gasteiger partial charge >= 0.3 is 0 Å². The van der Waals surface area contributed by atoms with Crippen LogP contribution in [-0.2, 0) is 10.8 Å². The van der Waals surface area contributed by atoms with Crippen LogP contribution < -0.4 is 26.0 Å². The number of hydrogen-bond donors (Lipinski definition) is 0. The predicted octanol–water partition coefficient (Wildman–Crippen LogP) is 16.0. The van der Waals surface area contributed by atoms with Crippen molar-refractivity contribution in [2.75, 3.05) is 4.90 Å².